The highest BCUT2D eigenvalue weighted by molar-refractivity contribution is 6.02. The maximum absolute atomic E-state index is 13.5. The van der Waals surface area contributed by atoms with Gasteiger partial charge in [-0.05, 0) is 54.3 Å². The normalized spacial score (nSPS) is 20.5. The van der Waals surface area contributed by atoms with Crippen molar-refractivity contribution < 1.29 is 39.0 Å². The molecule has 2 saturated heterocycles. The molecule has 3 atom stereocenters. The summed E-state index contributed by atoms with van der Waals surface area (Å²) in [6, 6.07) is 6.00. The Hall–Kier alpha value is -4.48. The SMILES string of the molecule is O=CC(CC(=O)O)NC(=O)C1CCCN2C(=O)CCC(NC(=O)c3ccc4cc(O)ccc4c3)C(=O)N12. The van der Waals surface area contributed by atoms with Gasteiger partial charge in [-0.3, -0.25) is 29.0 Å². The van der Waals surface area contributed by atoms with E-state index in [0.717, 1.165) is 10.4 Å². The number of benzene rings is 2. The zero-order valence-corrected chi connectivity index (χ0v) is 19.8. The van der Waals surface area contributed by atoms with Crippen LogP contribution in [-0.4, -0.2) is 80.8 Å². The van der Waals surface area contributed by atoms with E-state index >= 15 is 0 Å². The largest absolute Gasteiger partial charge is 0.508 e. The Morgan fingerprint density at radius 2 is 1.81 bits per heavy atom. The monoisotopic (exact) mass is 510 g/mol. The number of nitrogens with one attached hydrogen (secondary N) is 2. The molecule has 194 valence electrons. The number of hydrogen-bond donors (Lipinski definition) is 4. The van der Waals surface area contributed by atoms with Gasteiger partial charge in [0.25, 0.3) is 11.8 Å². The number of amides is 4. The second-order valence-corrected chi connectivity index (χ2v) is 9.02. The van der Waals surface area contributed by atoms with Gasteiger partial charge in [0.05, 0.1) is 12.5 Å². The summed E-state index contributed by atoms with van der Waals surface area (Å²) in [6.07, 6.45) is 0.287. The molecule has 0 saturated carbocycles. The lowest BCUT2D eigenvalue weighted by molar-refractivity contribution is -0.176. The Balaban J connectivity index is 1.54. The van der Waals surface area contributed by atoms with Crippen LogP contribution in [0.25, 0.3) is 10.8 Å². The Morgan fingerprint density at radius 1 is 1.08 bits per heavy atom. The molecule has 0 radical (unpaired) electrons. The van der Waals surface area contributed by atoms with E-state index in [0.29, 0.717) is 18.1 Å². The van der Waals surface area contributed by atoms with Crippen LogP contribution < -0.4 is 10.6 Å². The molecule has 2 heterocycles. The number of aldehydes is 1. The molecule has 0 spiro atoms. The van der Waals surface area contributed by atoms with Crippen LogP contribution in [0.5, 0.6) is 5.75 Å². The molecule has 4 N–H and O–H groups in total. The van der Waals surface area contributed by atoms with Gasteiger partial charge in [0.1, 0.15) is 24.1 Å². The second-order valence-electron chi connectivity index (χ2n) is 9.02. The summed E-state index contributed by atoms with van der Waals surface area (Å²) in [6.45, 7) is 0.207. The number of nitrogens with zero attached hydrogens (tertiary/aromatic N) is 2. The lowest BCUT2D eigenvalue weighted by Gasteiger charge is -2.43. The molecule has 2 aliphatic rings. The van der Waals surface area contributed by atoms with Gasteiger partial charge < -0.3 is 25.6 Å². The molecule has 0 aliphatic carbocycles. The molecule has 0 bridgehead atoms. The molecule has 4 amide bonds. The number of carboxylic acids is 1. The molecular formula is C25H26N4O8. The van der Waals surface area contributed by atoms with Gasteiger partial charge >= 0.3 is 5.97 Å². The number of hydrazine groups is 1. The van der Waals surface area contributed by atoms with E-state index in [9.17, 15) is 33.9 Å². The van der Waals surface area contributed by atoms with E-state index in [1.165, 1.54) is 11.1 Å². The number of aliphatic carboxylic acids is 1. The number of phenols is 1. The van der Waals surface area contributed by atoms with Crippen molar-refractivity contribution in [3.05, 3.63) is 42.0 Å². The van der Waals surface area contributed by atoms with Crippen molar-refractivity contribution in [2.75, 3.05) is 6.54 Å². The van der Waals surface area contributed by atoms with E-state index in [1.54, 1.807) is 30.3 Å². The number of carboxylic acid groups (broad SMARTS) is 1. The fourth-order valence-electron chi connectivity index (χ4n) is 4.62. The zero-order chi connectivity index (χ0) is 26.7. The van der Waals surface area contributed by atoms with E-state index in [-0.39, 0.29) is 43.0 Å². The lowest BCUT2D eigenvalue weighted by Crippen LogP contribution is -2.64. The Morgan fingerprint density at radius 3 is 2.54 bits per heavy atom. The predicted octanol–water partition coefficient (Wildman–Crippen LogP) is 0.331. The number of phenolic OH excluding ortho intramolecular Hbond substituents is 1. The smallest absolute Gasteiger partial charge is 0.305 e. The van der Waals surface area contributed by atoms with Crippen LogP contribution in [0, 0.1) is 0 Å². The quantitative estimate of drug-likeness (QED) is 0.386. The number of rotatable bonds is 7. The molecule has 37 heavy (non-hydrogen) atoms. The van der Waals surface area contributed by atoms with Crippen LogP contribution in [0.15, 0.2) is 36.4 Å². The Bertz CT molecular complexity index is 1280. The van der Waals surface area contributed by atoms with E-state index in [1.807, 2.05) is 0 Å². The molecule has 2 aromatic carbocycles. The molecular weight excluding hydrogens is 484 g/mol. The average molecular weight is 511 g/mol. The van der Waals surface area contributed by atoms with E-state index in [2.05, 4.69) is 10.6 Å². The fraction of sp³-hybridized carbons (Fsp3) is 0.360. The predicted molar refractivity (Wildman–Crippen MR) is 128 cm³/mol. The first-order chi connectivity index (χ1) is 17.7. The van der Waals surface area contributed by atoms with Crippen LogP contribution >= 0.6 is 0 Å². The lowest BCUT2D eigenvalue weighted by atomic mass is 10.0. The highest BCUT2D eigenvalue weighted by atomic mass is 16.4. The summed E-state index contributed by atoms with van der Waals surface area (Å²) in [7, 11) is 0. The summed E-state index contributed by atoms with van der Waals surface area (Å²) in [5, 5.41) is 27.2. The third-order valence-corrected chi connectivity index (χ3v) is 6.44. The molecule has 12 nitrogen and oxygen atoms in total. The van der Waals surface area contributed by atoms with Crippen molar-refractivity contribution in [2.45, 2.75) is 50.2 Å². The van der Waals surface area contributed by atoms with E-state index in [4.69, 9.17) is 5.11 Å². The first-order valence-corrected chi connectivity index (χ1v) is 11.8. The van der Waals surface area contributed by atoms with Crippen molar-refractivity contribution in [1.82, 2.24) is 20.7 Å². The van der Waals surface area contributed by atoms with Gasteiger partial charge in [-0.25, -0.2) is 5.01 Å². The van der Waals surface area contributed by atoms with Crippen molar-refractivity contribution in [1.29, 1.82) is 0 Å². The first-order valence-electron chi connectivity index (χ1n) is 11.8. The molecule has 0 aromatic heterocycles. The summed E-state index contributed by atoms with van der Waals surface area (Å²) in [4.78, 5) is 74.5. The van der Waals surface area contributed by atoms with E-state index < -0.39 is 48.2 Å². The van der Waals surface area contributed by atoms with Crippen LogP contribution in [0.4, 0.5) is 0 Å². The minimum atomic E-state index is -1.29. The maximum Gasteiger partial charge on any atom is 0.305 e. The molecule has 12 heteroatoms. The highest BCUT2D eigenvalue weighted by Crippen LogP contribution is 2.26. The summed E-state index contributed by atoms with van der Waals surface area (Å²) < 4.78 is 0. The van der Waals surface area contributed by atoms with Gasteiger partial charge in [-0.15, -0.1) is 0 Å². The fourth-order valence-corrected chi connectivity index (χ4v) is 4.62. The van der Waals surface area contributed by atoms with Crippen molar-refractivity contribution >= 4 is 46.7 Å². The van der Waals surface area contributed by atoms with Gasteiger partial charge in [0.2, 0.25) is 11.8 Å². The number of hydrogen-bond acceptors (Lipinski definition) is 7. The van der Waals surface area contributed by atoms with Crippen molar-refractivity contribution in [3.63, 3.8) is 0 Å². The van der Waals surface area contributed by atoms with Crippen molar-refractivity contribution in [3.8, 4) is 5.75 Å². The molecule has 2 aliphatic heterocycles. The zero-order valence-electron chi connectivity index (χ0n) is 19.8. The average Bonchev–Trinajstić information content (AvgIpc) is 2.99. The number of carbonyl (C=O) groups is 6. The molecule has 4 rings (SSSR count). The van der Waals surface area contributed by atoms with Crippen LogP contribution in [-0.2, 0) is 24.0 Å². The van der Waals surface area contributed by atoms with Gasteiger partial charge in [0.15, 0.2) is 0 Å². The minimum Gasteiger partial charge on any atom is -0.508 e. The number of aromatic hydroxyl groups is 1. The van der Waals surface area contributed by atoms with Gasteiger partial charge in [-0.1, -0.05) is 12.1 Å². The van der Waals surface area contributed by atoms with Crippen molar-refractivity contribution in [2.24, 2.45) is 0 Å². The van der Waals surface area contributed by atoms with Gasteiger partial charge in [0, 0.05) is 18.5 Å². The topological polar surface area (TPSA) is 173 Å². The molecule has 2 fully saturated rings. The third-order valence-electron chi connectivity index (χ3n) is 6.44. The first kappa shape index (κ1) is 25.6. The van der Waals surface area contributed by atoms with Crippen LogP contribution in [0.2, 0.25) is 0 Å². The summed E-state index contributed by atoms with van der Waals surface area (Å²) >= 11 is 0. The maximum atomic E-state index is 13.5. The minimum absolute atomic E-state index is 0.0299. The number of fused-ring (bicyclic) bond motifs is 2. The number of carbonyl (C=O) groups excluding carboxylic acids is 5. The Kier molecular flexibility index (Phi) is 7.37. The molecule has 2 aromatic rings. The second kappa shape index (κ2) is 10.6. The summed E-state index contributed by atoms with van der Waals surface area (Å²) in [5.41, 5.74) is 0.272. The summed E-state index contributed by atoms with van der Waals surface area (Å²) in [5.74, 6) is -3.53. The highest BCUT2D eigenvalue weighted by Gasteiger charge is 2.45. The third kappa shape index (κ3) is 5.52. The Labute approximate surface area is 211 Å². The van der Waals surface area contributed by atoms with Crippen LogP contribution in [0.3, 0.4) is 0 Å². The molecule has 3 unspecified atom stereocenters. The van der Waals surface area contributed by atoms with Gasteiger partial charge in [-0.2, -0.15) is 0 Å². The standard InChI is InChI=1S/C25H26N4O8/c30-13-17(12-22(33)34)26-24(36)20-2-1-9-28-21(32)8-7-19(25(37)29(20)28)27-23(35)16-4-3-15-11-18(31)6-5-14(15)10-16/h3-6,10-11,13,17,19-20,31H,1-2,7-9,12H2,(H,26,36)(H,27,35)(H,33,34). The van der Waals surface area contributed by atoms with Crippen LogP contribution in [0.1, 0.15) is 42.5 Å².